The topological polar surface area (TPSA) is 35.8 Å². The fraction of sp³-hybridized carbons (Fsp3) is 0.357. The molecule has 0 spiro atoms. The van der Waals surface area contributed by atoms with Crippen molar-refractivity contribution in [1.82, 2.24) is 5.32 Å². The van der Waals surface area contributed by atoms with Crippen LogP contribution in [0.15, 0.2) is 18.2 Å². The normalized spacial score (nSPS) is 9.59. The van der Waals surface area contributed by atoms with Gasteiger partial charge >= 0.3 is 0 Å². The Kier molecular flexibility index (Phi) is 5.79. The van der Waals surface area contributed by atoms with E-state index in [0.29, 0.717) is 17.7 Å². The third kappa shape index (κ3) is 4.68. The second kappa shape index (κ2) is 7.44. The first kappa shape index (κ1) is 13.2. The molecule has 0 aromatic heterocycles. The lowest BCUT2D eigenvalue weighted by atomic mass is 10.1. The number of rotatable bonds is 6. The molecule has 88 valence electrons. The molecule has 0 fully saturated rings. The Morgan fingerprint density at radius 3 is 2.82 bits per heavy atom. The zero-order valence-corrected chi connectivity index (χ0v) is 9.67. The maximum atomic E-state index is 13.4. The first-order chi connectivity index (χ1) is 8.27. The van der Waals surface area contributed by atoms with Crippen molar-refractivity contribution < 1.29 is 4.39 Å². The smallest absolute Gasteiger partial charge is 0.129 e. The van der Waals surface area contributed by atoms with E-state index in [1.807, 2.05) is 6.07 Å². The molecule has 0 aliphatic rings. The molecule has 0 radical (unpaired) electrons. The van der Waals surface area contributed by atoms with Gasteiger partial charge in [-0.1, -0.05) is 6.07 Å². The van der Waals surface area contributed by atoms with Crippen LogP contribution in [0.25, 0.3) is 0 Å². The molecule has 3 heteroatoms. The molecule has 0 unspecified atom stereocenters. The van der Waals surface area contributed by atoms with Crippen molar-refractivity contribution in [3.63, 3.8) is 0 Å². The van der Waals surface area contributed by atoms with Crippen molar-refractivity contribution in [2.24, 2.45) is 0 Å². The monoisotopic (exact) mass is 230 g/mol. The van der Waals surface area contributed by atoms with Crippen LogP contribution >= 0.6 is 0 Å². The van der Waals surface area contributed by atoms with E-state index in [4.69, 9.17) is 11.7 Å². The van der Waals surface area contributed by atoms with Crippen LogP contribution in [0.4, 0.5) is 4.39 Å². The molecule has 2 nitrogen and oxygen atoms in total. The van der Waals surface area contributed by atoms with Crippen LogP contribution in [0.5, 0.6) is 0 Å². The second-order valence-corrected chi connectivity index (χ2v) is 3.76. The third-order valence-corrected chi connectivity index (χ3v) is 2.42. The van der Waals surface area contributed by atoms with Gasteiger partial charge in [0, 0.05) is 18.5 Å². The zero-order valence-electron chi connectivity index (χ0n) is 9.67. The summed E-state index contributed by atoms with van der Waals surface area (Å²) in [5.41, 5.74) is 0.932. The van der Waals surface area contributed by atoms with Gasteiger partial charge in [-0.15, -0.1) is 12.3 Å². The van der Waals surface area contributed by atoms with Crippen molar-refractivity contribution in [3.8, 4) is 18.4 Å². The van der Waals surface area contributed by atoms with E-state index < -0.39 is 0 Å². The average molecular weight is 230 g/mol. The van der Waals surface area contributed by atoms with Crippen LogP contribution in [0, 0.1) is 29.5 Å². The number of hydrogen-bond donors (Lipinski definition) is 1. The summed E-state index contributed by atoms with van der Waals surface area (Å²) in [6.07, 6.45) is 7.89. The summed E-state index contributed by atoms with van der Waals surface area (Å²) >= 11 is 0. The summed E-state index contributed by atoms with van der Waals surface area (Å²) in [6, 6.07) is 6.43. The molecule has 0 aliphatic carbocycles. The minimum atomic E-state index is -0.333. The summed E-state index contributed by atoms with van der Waals surface area (Å²) < 4.78 is 13.4. The summed E-state index contributed by atoms with van der Waals surface area (Å²) in [6.45, 7) is 1.30. The highest BCUT2D eigenvalue weighted by Gasteiger charge is 2.02. The molecule has 0 aliphatic heterocycles. The minimum Gasteiger partial charge on any atom is -0.313 e. The van der Waals surface area contributed by atoms with Gasteiger partial charge in [-0.2, -0.15) is 5.26 Å². The highest BCUT2D eigenvalue weighted by Crippen LogP contribution is 2.09. The molecule has 1 aromatic rings. The molecule has 0 saturated heterocycles. The van der Waals surface area contributed by atoms with Crippen molar-refractivity contribution in [2.45, 2.75) is 25.8 Å². The molecule has 0 bridgehead atoms. The molecule has 0 saturated carbocycles. The lowest BCUT2D eigenvalue weighted by molar-refractivity contribution is 0.577. The van der Waals surface area contributed by atoms with Gasteiger partial charge in [-0.05, 0) is 31.5 Å². The van der Waals surface area contributed by atoms with Crippen LogP contribution in [-0.4, -0.2) is 6.54 Å². The molecular formula is C14H15FN2. The Hall–Kier alpha value is -1.84. The van der Waals surface area contributed by atoms with Crippen molar-refractivity contribution in [2.75, 3.05) is 6.54 Å². The summed E-state index contributed by atoms with van der Waals surface area (Å²) in [4.78, 5) is 0. The first-order valence-electron chi connectivity index (χ1n) is 5.60. The number of terminal acetylenes is 1. The van der Waals surface area contributed by atoms with Crippen LogP contribution in [0.3, 0.4) is 0 Å². The Labute approximate surface area is 101 Å². The van der Waals surface area contributed by atoms with E-state index in [9.17, 15) is 4.39 Å². The van der Waals surface area contributed by atoms with Crippen molar-refractivity contribution >= 4 is 0 Å². The van der Waals surface area contributed by atoms with Crippen LogP contribution in [0.2, 0.25) is 0 Å². The number of nitrogens with one attached hydrogen (secondary N) is 1. The highest BCUT2D eigenvalue weighted by atomic mass is 19.1. The molecule has 1 aromatic carbocycles. The molecular weight excluding hydrogens is 215 g/mol. The first-order valence-corrected chi connectivity index (χ1v) is 5.60. The summed E-state index contributed by atoms with van der Waals surface area (Å²) in [7, 11) is 0. The predicted molar refractivity (Wildman–Crippen MR) is 65.5 cm³/mol. The van der Waals surface area contributed by atoms with Crippen molar-refractivity contribution in [1.29, 1.82) is 5.26 Å². The van der Waals surface area contributed by atoms with Crippen LogP contribution in [-0.2, 0) is 6.54 Å². The summed E-state index contributed by atoms with van der Waals surface area (Å²) in [5.74, 6) is 2.25. The Balaban J connectivity index is 2.33. The van der Waals surface area contributed by atoms with Gasteiger partial charge < -0.3 is 5.32 Å². The van der Waals surface area contributed by atoms with Gasteiger partial charge in [0.25, 0.3) is 0 Å². The fourth-order valence-corrected chi connectivity index (χ4v) is 1.46. The zero-order chi connectivity index (χ0) is 12.5. The van der Waals surface area contributed by atoms with E-state index in [2.05, 4.69) is 11.2 Å². The van der Waals surface area contributed by atoms with Gasteiger partial charge in [-0.25, -0.2) is 4.39 Å². The standard InChI is InChI=1S/C14H15FN2/c1-2-3-4-5-8-17-11-13-7-6-12(10-16)9-14(13)15/h1,6-7,9,17H,3-5,8,11H2. The number of halogens is 1. The second-order valence-electron chi connectivity index (χ2n) is 3.76. The number of nitriles is 1. The van der Waals surface area contributed by atoms with Gasteiger partial charge in [-0.3, -0.25) is 0 Å². The molecule has 0 heterocycles. The quantitative estimate of drug-likeness (QED) is 0.602. The lowest BCUT2D eigenvalue weighted by Gasteiger charge is -2.05. The van der Waals surface area contributed by atoms with E-state index >= 15 is 0 Å². The van der Waals surface area contributed by atoms with E-state index in [1.54, 1.807) is 12.1 Å². The van der Waals surface area contributed by atoms with Gasteiger partial charge in [0.2, 0.25) is 0 Å². The van der Waals surface area contributed by atoms with E-state index in [-0.39, 0.29) is 5.82 Å². The predicted octanol–water partition coefficient (Wildman–Crippen LogP) is 2.59. The molecule has 17 heavy (non-hydrogen) atoms. The van der Waals surface area contributed by atoms with Gasteiger partial charge in [0.05, 0.1) is 11.6 Å². The number of nitrogens with zero attached hydrogens (tertiary/aromatic N) is 1. The fourth-order valence-electron chi connectivity index (χ4n) is 1.46. The average Bonchev–Trinajstić information content (AvgIpc) is 2.35. The molecule has 0 atom stereocenters. The molecule has 1 N–H and O–H groups in total. The van der Waals surface area contributed by atoms with Gasteiger partial charge in [0.1, 0.15) is 5.82 Å². The Bertz CT molecular complexity index is 441. The van der Waals surface area contributed by atoms with Crippen LogP contribution < -0.4 is 5.32 Å². The molecule has 1 rings (SSSR count). The number of hydrogen-bond acceptors (Lipinski definition) is 2. The van der Waals surface area contributed by atoms with E-state index in [0.717, 1.165) is 25.8 Å². The van der Waals surface area contributed by atoms with E-state index in [1.165, 1.54) is 6.07 Å². The largest absolute Gasteiger partial charge is 0.313 e. The molecule has 0 amide bonds. The summed E-state index contributed by atoms with van der Waals surface area (Å²) in [5, 5.41) is 11.7. The Morgan fingerprint density at radius 1 is 1.35 bits per heavy atom. The maximum absolute atomic E-state index is 13.4. The highest BCUT2D eigenvalue weighted by molar-refractivity contribution is 5.32. The van der Waals surface area contributed by atoms with Crippen molar-refractivity contribution in [3.05, 3.63) is 35.1 Å². The SMILES string of the molecule is C#CCCCCNCc1ccc(C#N)cc1F. The Morgan fingerprint density at radius 2 is 2.18 bits per heavy atom. The number of unbranched alkanes of at least 4 members (excludes halogenated alkanes) is 2. The lowest BCUT2D eigenvalue weighted by Crippen LogP contribution is -2.15. The van der Waals surface area contributed by atoms with Gasteiger partial charge in [0.15, 0.2) is 0 Å². The third-order valence-electron chi connectivity index (χ3n) is 2.42. The van der Waals surface area contributed by atoms with Crippen LogP contribution in [0.1, 0.15) is 30.4 Å². The minimum absolute atomic E-state index is 0.333. The number of benzene rings is 1. The maximum Gasteiger partial charge on any atom is 0.129 e.